The van der Waals surface area contributed by atoms with Gasteiger partial charge >= 0.3 is 6.43 Å². The first kappa shape index (κ1) is 20.9. The third kappa shape index (κ3) is 5.77. The topological polar surface area (TPSA) is 74.2 Å². The number of amides is 1. The molecule has 1 amide bonds. The Morgan fingerprint density at radius 3 is 2.33 bits per heavy atom. The van der Waals surface area contributed by atoms with Crippen molar-refractivity contribution in [1.29, 1.82) is 0 Å². The molecule has 0 saturated carbocycles. The van der Waals surface area contributed by atoms with Crippen LogP contribution < -0.4 is 10.6 Å². The van der Waals surface area contributed by atoms with Gasteiger partial charge in [0.05, 0.1) is 11.7 Å². The summed E-state index contributed by atoms with van der Waals surface area (Å²) in [7, 11) is 0. The van der Waals surface area contributed by atoms with Crippen LogP contribution in [0.5, 0.6) is 0 Å². The Morgan fingerprint density at radius 2 is 1.81 bits per heavy atom. The van der Waals surface area contributed by atoms with Crippen molar-refractivity contribution in [3.63, 3.8) is 0 Å². The van der Waals surface area contributed by atoms with E-state index >= 15 is 0 Å². The molecule has 0 spiro atoms. The molecule has 1 aromatic carbocycles. The first-order valence-electron chi connectivity index (χ1n) is 8.54. The number of carbonyl (C=O) groups is 1. The van der Waals surface area contributed by atoms with Gasteiger partial charge in [0.15, 0.2) is 0 Å². The van der Waals surface area contributed by atoms with Crippen LogP contribution in [-0.4, -0.2) is 41.7 Å². The number of pyridine rings is 1. The quantitative estimate of drug-likeness (QED) is 0.624. The normalized spacial score (nSPS) is 13.4. The zero-order valence-corrected chi connectivity index (χ0v) is 14.8. The highest BCUT2D eigenvalue weighted by atomic mass is 19.3. The van der Waals surface area contributed by atoms with Crippen LogP contribution >= 0.6 is 0 Å². The van der Waals surface area contributed by atoms with Crippen LogP contribution in [0.4, 0.5) is 13.2 Å². The van der Waals surface area contributed by atoms with Gasteiger partial charge in [-0.1, -0.05) is 37.3 Å². The van der Waals surface area contributed by atoms with Gasteiger partial charge in [-0.2, -0.15) is 8.78 Å². The van der Waals surface area contributed by atoms with Crippen molar-refractivity contribution >= 4 is 5.91 Å². The predicted molar refractivity (Wildman–Crippen MR) is 95.9 cm³/mol. The fraction of sp³-hybridized carbons (Fsp3) is 0.368. The van der Waals surface area contributed by atoms with Crippen molar-refractivity contribution in [3.05, 3.63) is 53.9 Å². The molecule has 0 radical (unpaired) electrons. The minimum atomic E-state index is -3.27. The van der Waals surface area contributed by atoms with Gasteiger partial charge in [0.1, 0.15) is 12.8 Å². The number of aromatic nitrogens is 1. The summed E-state index contributed by atoms with van der Waals surface area (Å²) in [6.07, 6.45) is -2.98. The van der Waals surface area contributed by atoms with Gasteiger partial charge in [0.25, 0.3) is 5.91 Å². The Bertz CT molecular complexity index is 724. The van der Waals surface area contributed by atoms with E-state index in [0.29, 0.717) is 12.1 Å². The second kappa shape index (κ2) is 10.0. The Morgan fingerprint density at radius 1 is 1.15 bits per heavy atom. The summed E-state index contributed by atoms with van der Waals surface area (Å²) in [5.41, 5.74) is 2.92. The zero-order chi connectivity index (χ0) is 19.8. The lowest BCUT2D eigenvalue weighted by Gasteiger charge is -2.22. The minimum absolute atomic E-state index is 0.313. The van der Waals surface area contributed by atoms with E-state index in [2.05, 4.69) is 10.3 Å². The van der Waals surface area contributed by atoms with Crippen molar-refractivity contribution in [2.24, 2.45) is 0 Å². The van der Waals surface area contributed by atoms with E-state index in [1.807, 2.05) is 19.1 Å². The number of alkyl halides is 3. The first-order chi connectivity index (χ1) is 13.0. The van der Waals surface area contributed by atoms with E-state index in [9.17, 15) is 23.1 Å². The van der Waals surface area contributed by atoms with Crippen LogP contribution in [-0.2, 0) is 11.3 Å². The van der Waals surface area contributed by atoms with E-state index < -0.39 is 31.2 Å². The summed E-state index contributed by atoms with van der Waals surface area (Å²) in [4.78, 5) is 15.4. The van der Waals surface area contributed by atoms with Crippen molar-refractivity contribution in [2.45, 2.75) is 32.0 Å². The molecule has 2 rings (SSSR count). The van der Waals surface area contributed by atoms with Crippen LogP contribution in [0, 0.1) is 0 Å². The molecule has 0 aliphatic carbocycles. The van der Waals surface area contributed by atoms with Gasteiger partial charge in [0, 0.05) is 18.3 Å². The van der Waals surface area contributed by atoms with Gasteiger partial charge in [0.2, 0.25) is 0 Å². The summed E-state index contributed by atoms with van der Waals surface area (Å²) >= 11 is 0. The number of hydrogen-bond acceptors (Lipinski definition) is 4. The van der Waals surface area contributed by atoms with Gasteiger partial charge in [-0.3, -0.25) is 9.78 Å². The van der Waals surface area contributed by atoms with Crippen LogP contribution in [0.15, 0.2) is 42.6 Å². The average Bonchev–Trinajstić information content (AvgIpc) is 2.70. The maximum Gasteiger partial charge on any atom is 0.315 e. The van der Waals surface area contributed by atoms with Crippen molar-refractivity contribution in [2.75, 3.05) is 13.2 Å². The Labute approximate surface area is 155 Å². The molecule has 2 aromatic rings. The van der Waals surface area contributed by atoms with E-state index in [4.69, 9.17) is 0 Å². The summed E-state index contributed by atoms with van der Waals surface area (Å²) in [5.74, 6) is -1.61. The molecule has 2 atom stereocenters. The molecule has 0 aliphatic rings. The maximum atomic E-state index is 13.1. The molecule has 0 saturated heterocycles. The van der Waals surface area contributed by atoms with Crippen LogP contribution in [0.1, 0.15) is 24.3 Å². The summed E-state index contributed by atoms with van der Waals surface area (Å²) in [6.45, 7) is 2.37. The summed E-state index contributed by atoms with van der Waals surface area (Å²) in [6, 6.07) is 8.92. The molecule has 0 bridgehead atoms. The van der Waals surface area contributed by atoms with Crippen LogP contribution in [0.25, 0.3) is 11.1 Å². The number of halogens is 3. The number of nitrogens with one attached hydrogen (secondary N) is 2. The minimum Gasteiger partial charge on any atom is -0.386 e. The lowest BCUT2D eigenvalue weighted by Crippen LogP contribution is -2.43. The van der Waals surface area contributed by atoms with Gasteiger partial charge in [-0.25, -0.2) is 4.39 Å². The number of aliphatic hydroxyl groups is 1. The number of benzene rings is 1. The number of nitrogens with zero attached hydrogens (tertiary/aromatic N) is 1. The van der Waals surface area contributed by atoms with E-state index in [-0.39, 0.29) is 0 Å². The Hall–Kier alpha value is -2.45. The predicted octanol–water partition coefficient (Wildman–Crippen LogP) is 2.61. The maximum absolute atomic E-state index is 13.1. The second-order valence-corrected chi connectivity index (χ2v) is 5.96. The second-order valence-electron chi connectivity index (χ2n) is 5.96. The largest absolute Gasteiger partial charge is 0.386 e. The zero-order valence-electron chi connectivity index (χ0n) is 14.8. The van der Waals surface area contributed by atoms with Crippen LogP contribution in [0.2, 0.25) is 0 Å². The highest BCUT2D eigenvalue weighted by molar-refractivity contribution is 5.79. The van der Waals surface area contributed by atoms with E-state index in [1.165, 1.54) is 0 Å². The van der Waals surface area contributed by atoms with Gasteiger partial charge < -0.3 is 15.7 Å². The van der Waals surface area contributed by atoms with Crippen molar-refractivity contribution in [3.8, 4) is 11.1 Å². The molecule has 0 unspecified atom stereocenters. The number of hydrogen-bond donors (Lipinski definition) is 3. The fourth-order valence-electron chi connectivity index (χ4n) is 2.51. The molecular weight excluding hydrogens is 359 g/mol. The molecule has 1 heterocycles. The highest BCUT2D eigenvalue weighted by Gasteiger charge is 2.26. The number of aliphatic hydroxyl groups excluding tert-OH is 1. The first-order valence-corrected chi connectivity index (χ1v) is 8.54. The van der Waals surface area contributed by atoms with Crippen molar-refractivity contribution in [1.82, 2.24) is 15.6 Å². The molecule has 5 nitrogen and oxygen atoms in total. The monoisotopic (exact) mass is 381 g/mol. The van der Waals surface area contributed by atoms with E-state index in [0.717, 1.165) is 23.4 Å². The Kier molecular flexibility index (Phi) is 7.75. The third-order valence-electron chi connectivity index (χ3n) is 4.04. The van der Waals surface area contributed by atoms with Crippen LogP contribution in [0.3, 0.4) is 0 Å². The molecule has 146 valence electrons. The smallest absolute Gasteiger partial charge is 0.315 e. The molecule has 8 heteroatoms. The Balaban J connectivity index is 2.08. The summed E-state index contributed by atoms with van der Waals surface area (Å²) < 4.78 is 37.7. The van der Waals surface area contributed by atoms with E-state index in [1.54, 1.807) is 35.8 Å². The molecule has 3 N–H and O–H groups in total. The lowest BCUT2D eigenvalue weighted by molar-refractivity contribution is -0.133. The molecule has 0 aliphatic heterocycles. The van der Waals surface area contributed by atoms with Gasteiger partial charge in [-0.15, -0.1) is 0 Å². The summed E-state index contributed by atoms with van der Waals surface area (Å²) in [5, 5.41) is 15.2. The average molecular weight is 381 g/mol. The lowest BCUT2D eigenvalue weighted by atomic mass is 9.99. The van der Waals surface area contributed by atoms with Crippen molar-refractivity contribution < 1.29 is 23.1 Å². The fourth-order valence-corrected chi connectivity index (χ4v) is 2.51. The highest BCUT2D eigenvalue weighted by Crippen LogP contribution is 2.23. The molecule has 27 heavy (non-hydrogen) atoms. The molecule has 0 fully saturated rings. The molecular formula is C19H22F3N3O2. The molecule has 1 aromatic heterocycles. The number of carbonyl (C=O) groups excluding carboxylic acids is 1. The van der Waals surface area contributed by atoms with Gasteiger partial charge in [-0.05, 0) is 23.7 Å². The number of rotatable bonds is 9. The standard InChI is InChI=1S/C19H22F3N3O2/c1-2-23-11-15-8-7-14(10-24-15)12-3-5-13(6-4-12)17(26)16(9-20)25-19(27)18(21)22/h3-8,10,16-18,23,26H,2,9,11H2,1H3,(H,25,27)/t16-,17-/m1/s1. The third-order valence-corrected chi connectivity index (χ3v) is 4.04. The SMILES string of the molecule is CCNCc1ccc(-c2ccc([C@@H](O)[C@@H](CF)NC(=O)C(F)F)cc2)cn1.